The minimum Gasteiger partial charge on any atom is -0.508 e. The fourth-order valence-electron chi connectivity index (χ4n) is 0.881. The van der Waals surface area contributed by atoms with Gasteiger partial charge in [0.1, 0.15) is 5.75 Å². The zero-order chi connectivity index (χ0) is 9.68. The molecule has 0 bridgehead atoms. The van der Waals surface area contributed by atoms with Crippen LogP contribution in [0.2, 0.25) is 0 Å². The molecule has 0 fully saturated rings. The lowest BCUT2D eigenvalue weighted by atomic mass is 10.2. The van der Waals surface area contributed by atoms with Crippen molar-refractivity contribution in [2.24, 2.45) is 0 Å². The highest BCUT2D eigenvalue weighted by Crippen LogP contribution is 2.11. The molecular formula is C10H11O3. The molecule has 1 radical (unpaired) electrons. The maximum atomic E-state index is 11.2. The van der Waals surface area contributed by atoms with Crippen LogP contribution in [-0.4, -0.2) is 17.7 Å². The maximum absolute atomic E-state index is 11.2. The van der Waals surface area contributed by atoms with Crippen molar-refractivity contribution in [3.63, 3.8) is 0 Å². The average molecular weight is 179 g/mol. The van der Waals surface area contributed by atoms with Crippen molar-refractivity contribution in [1.29, 1.82) is 0 Å². The van der Waals surface area contributed by atoms with Gasteiger partial charge in [-0.1, -0.05) is 6.07 Å². The van der Waals surface area contributed by atoms with Gasteiger partial charge in [0.2, 0.25) is 0 Å². The highest BCUT2D eigenvalue weighted by atomic mass is 16.5. The third-order valence-electron chi connectivity index (χ3n) is 1.46. The van der Waals surface area contributed by atoms with E-state index in [-0.39, 0.29) is 5.75 Å². The molecule has 3 nitrogen and oxygen atoms in total. The third kappa shape index (κ3) is 2.78. The van der Waals surface area contributed by atoms with E-state index in [2.05, 4.69) is 6.92 Å². The standard InChI is InChI=1S/C10H11O3/c1-2-6-13-10(12)8-4-3-5-9(11)7-8/h3-5,7,11H,1-2,6H2. The summed E-state index contributed by atoms with van der Waals surface area (Å²) in [5.41, 5.74) is 0.355. The van der Waals surface area contributed by atoms with Crippen LogP contribution in [0, 0.1) is 6.92 Å². The molecule has 0 amide bonds. The topological polar surface area (TPSA) is 46.5 Å². The first-order chi connectivity index (χ1) is 6.24. The van der Waals surface area contributed by atoms with Gasteiger partial charge in [0.15, 0.2) is 0 Å². The van der Waals surface area contributed by atoms with Crippen LogP contribution in [0.5, 0.6) is 5.75 Å². The Balaban J connectivity index is 2.66. The number of hydrogen-bond acceptors (Lipinski definition) is 3. The number of esters is 1. The van der Waals surface area contributed by atoms with Gasteiger partial charge in [-0.2, -0.15) is 0 Å². The summed E-state index contributed by atoms with van der Waals surface area (Å²) in [5, 5.41) is 9.07. The Kier molecular flexibility index (Phi) is 3.31. The average Bonchev–Trinajstić information content (AvgIpc) is 2.14. The minimum absolute atomic E-state index is 0.0593. The number of benzene rings is 1. The lowest BCUT2D eigenvalue weighted by Crippen LogP contribution is -2.05. The van der Waals surface area contributed by atoms with Crippen molar-refractivity contribution in [1.82, 2.24) is 0 Å². The first kappa shape index (κ1) is 9.58. The summed E-state index contributed by atoms with van der Waals surface area (Å²) in [4.78, 5) is 11.2. The van der Waals surface area contributed by atoms with E-state index in [0.717, 1.165) is 0 Å². The van der Waals surface area contributed by atoms with Crippen LogP contribution < -0.4 is 0 Å². The van der Waals surface area contributed by atoms with Gasteiger partial charge in [-0.3, -0.25) is 0 Å². The van der Waals surface area contributed by atoms with Crippen molar-refractivity contribution < 1.29 is 14.6 Å². The number of phenolic OH excluding ortho intramolecular Hbond substituents is 1. The van der Waals surface area contributed by atoms with E-state index in [0.29, 0.717) is 18.6 Å². The Morgan fingerprint density at radius 2 is 2.31 bits per heavy atom. The lowest BCUT2D eigenvalue weighted by Gasteiger charge is -2.02. The minimum atomic E-state index is -0.431. The third-order valence-corrected chi connectivity index (χ3v) is 1.46. The molecule has 0 saturated heterocycles. The lowest BCUT2D eigenvalue weighted by molar-refractivity contribution is 0.0510. The van der Waals surface area contributed by atoms with E-state index >= 15 is 0 Å². The summed E-state index contributed by atoms with van der Waals surface area (Å²) in [5.74, 6) is -0.372. The van der Waals surface area contributed by atoms with Crippen LogP contribution in [0.25, 0.3) is 0 Å². The monoisotopic (exact) mass is 179 g/mol. The van der Waals surface area contributed by atoms with Crippen LogP contribution in [-0.2, 0) is 4.74 Å². The van der Waals surface area contributed by atoms with Crippen molar-refractivity contribution in [3.8, 4) is 5.75 Å². The number of carbonyl (C=O) groups is 1. The van der Waals surface area contributed by atoms with Crippen molar-refractivity contribution >= 4 is 5.97 Å². The normalized spacial score (nSPS) is 9.62. The Bertz CT molecular complexity index is 294. The largest absolute Gasteiger partial charge is 0.508 e. The number of ether oxygens (including phenoxy) is 1. The van der Waals surface area contributed by atoms with E-state index in [1.165, 1.54) is 12.1 Å². The predicted molar refractivity (Wildman–Crippen MR) is 48.4 cm³/mol. The van der Waals surface area contributed by atoms with Gasteiger partial charge in [-0.25, -0.2) is 4.79 Å². The number of carbonyl (C=O) groups excluding carboxylic acids is 1. The second-order valence-corrected chi connectivity index (χ2v) is 2.54. The molecule has 0 heterocycles. The van der Waals surface area contributed by atoms with Crippen LogP contribution in [0.1, 0.15) is 16.8 Å². The molecule has 1 aromatic rings. The Hall–Kier alpha value is -1.51. The molecule has 0 spiro atoms. The fourth-order valence-corrected chi connectivity index (χ4v) is 0.881. The summed E-state index contributed by atoms with van der Waals surface area (Å²) in [6.45, 7) is 3.84. The maximum Gasteiger partial charge on any atom is 0.338 e. The molecular weight excluding hydrogens is 168 g/mol. The number of phenols is 1. The molecule has 0 saturated carbocycles. The summed E-state index contributed by atoms with van der Waals surface area (Å²) < 4.78 is 4.82. The van der Waals surface area contributed by atoms with Crippen LogP contribution >= 0.6 is 0 Å². The van der Waals surface area contributed by atoms with E-state index in [4.69, 9.17) is 9.84 Å². The van der Waals surface area contributed by atoms with Gasteiger partial charge < -0.3 is 9.84 Å². The van der Waals surface area contributed by atoms with E-state index in [1.807, 2.05) is 0 Å². The molecule has 13 heavy (non-hydrogen) atoms. The first-order valence-electron chi connectivity index (χ1n) is 3.99. The highest BCUT2D eigenvalue weighted by Gasteiger charge is 2.05. The number of hydrogen-bond donors (Lipinski definition) is 1. The molecule has 0 atom stereocenters. The van der Waals surface area contributed by atoms with Gasteiger partial charge in [0, 0.05) is 0 Å². The molecule has 3 heteroatoms. The van der Waals surface area contributed by atoms with Crippen LogP contribution in [0.4, 0.5) is 0 Å². The second-order valence-electron chi connectivity index (χ2n) is 2.54. The Morgan fingerprint density at radius 1 is 1.54 bits per heavy atom. The van der Waals surface area contributed by atoms with Crippen molar-refractivity contribution in [2.75, 3.05) is 6.61 Å². The van der Waals surface area contributed by atoms with Crippen molar-refractivity contribution in [2.45, 2.75) is 6.42 Å². The molecule has 1 N–H and O–H groups in total. The smallest absolute Gasteiger partial charge is 0.338 e. The second kappa shape index (κ2) is 4.50. The van der Waals surface area contributed by atoms with Gasteiger partial charge in [0.05, 0.1) is 12.2 Å². The van der Waals surface area contributed by atoms with Crippen molar-refractivity contribution in [3.05, 3.63) is 36.8 Å². The molecule has 1 aromatic carbocycles. The SMILES string of the molecule is [CH2]CCOC(=O)c1cccc(O)c1. The van der Waals surface area contributed by atoms with Gasteiger partial charge in [-0.15, -0.1) is 0 Å². The predicted octanol–water partition coefficient (Wildman–Crippen LogP) is 1.77. The zero-order valence-corrected chi connectivity index (χ0v) is 7.19. The highest BCUT2D eigenvalue weighted by molar-refractivity contribution is 5.89. The fraction of sp³-hybridized carbons (Fsp3) is 0.200. The Labute approximate surface area is 77.0 Å². The number of aromatic hydroxyl groups is 1. The quantitative estimate of drug-likeness (QED) is 0.719. The summed E-state index contributed by atoms with van der Waals surface area (Å²) in [6.07, 6.45) is 0.546. The Morgan fingerprint density at radius 3 is 2.92 bits per heavy atom. The van der Waals surface area contributed by atoms with Crippen LogP contribution in [0.15, 0.2) is 24.3 Å². The molecule has 0 unspecified atom stereocenters. The van der Waals surface area contributed by atoms with Gasteiger partial charge >= 0.3 is 5.97 Å². The van der Waals surface area contributed by atoms with E-state index < -0.39 is 5.97 Å². The molecule has 0 aromatic heterocycles. The van der Waals surface area contributed by atoms with E-state index in [1.54, 1.807) is 12.1 Å². The van der Waals surface area contributed by atoms with Gasteiger partial charge in [0.25, 0.3) is 0 Å². The molecule has 0 aliphatic heterocycles. The summed E-state index contributed by atoms with van der Waals surface area (Å²) in [6, 6.07) is 6.05. The molecule has 0 aliphatic rings. The van der Waals surface area contributed by atoms with Gasteiger partial charge in [-0.05, 0) is 31.5 Å². The summed E-state index contributed by atoms with van der Waals surface area (Å²) in [7, 11) is 0. The molecule has 0 aliphatic carbocycles. The van der Waals surface area contributed by atoms with Crippen LogP contribution in [0.3, 0.4) is 0 Å². The van der Waals surface area contributed by atoms with E-state index in [9.17, 15) is 4.79 Å². The zero-order valence-electron chi connectivity index (χ0n) is 7.19. The number of rotatable bonds is 3. The summed E-state index contributed by atoms with van der Waals surface area (Å²) >= 11 is 0. The molecule has 69 valence electrons. The molecule has 1 rings (SSSR count). The first-order valence-corrected chi connectivity index (χ1v) is 3.99.